The van der Waals surface area contributed by atoms with Gasteiger partial charge in [0.2, 0.25) is 0 Å². The summed E-state index contributed by atoms with van der Waals surface area (Å²) in [4.78, 5) is 23.5. The van der Waals surface area contributed by atoms with Crippen LogP contribution in [0.2, 0.25) is 0 Å². The Bertz CT molecular complexity index is 612. The number of aromatic amines is 1. The molecule has 2 aromatic heterocycles. The molecule has 18 heavy (non-hydrogen) atoms. The molecule has 1 N–H and O–H groups in total. The minimum absolute atomic E-state index is 0.0620. The van der Waals surface area contributed by atoms with Gasteiger partial charge in [-0.25, -0.2) is 4.98 Å². The van der Waals surface area contributed by atoms with E-state index in [0.29, 0.717) is 5.82 Å². The van der Waals surface area contributed by atoms with Crippen LogP contribution in [0.3, 0.4) is 0 Å². The largest absolute Gasteiger partial charge is 0.306 e. The second-order valence-electron chi connectivity index (χ2n) is 4.76. The van der Waals surface area contributed by atoms with Crippen LogP contribution in [0.4, 0.5) is 0 Å². The van der Waals surface area contributed by atoms with Gasteiger partial charge in [-0.2, -0.15) is 0 Å². The molecule has 0 aromatic carbocycles. The Labute approximate surface area is 106 Å². The molecule has 0 atom stereocenters. The lowest BCUT2D eigenvalue weighted by Crippen LogP contribution is -2.18. The van der Waals surface area contributed by atoms with Crippen molar-refractivity contribution in [2.24, 2.45) is 0 Å². The number of aryl methyl sites for hydroxylation is 2. The lowest BCUT2D eigenvalue weighted by atomic mass is 10.0. The normalized spacial score (nSPS) is 10.9. The number of aromatic nitrogens is 3. The van der Waals surface area contributed by atoms with Crippen LogP contribution in [-0.2, 0) is 0 Å². The Kier molecular flexibility index (Phi) is 3.28. The Balaban J connectivity index is 2.55. The highest BCUT2D eigenvalue weighted by atomic mass is 16.1. The standard InChI is InChI=1S/C14H17N3O/c1-8(2)12-10(4)16-13(17-14(12)18)11-6-5-9(3)15-7-11/h5-8H,1-4H3,(H,16,17,18). The molecular weight excluding hydrogens is 226 g/mol. The third-order valence-electron chi connectivity index (χ3n) is 2.91. The molecule has 2 rings (SSSR count). The molecule has 0 saturated heterocycles. The predicted molar refractivity (Wildman–Crippen MR) is 71.7 cm³/mol. The van der Waals surface area contributed by atoms with Gasteiger partial charge in [0.15, 0.2) is 0 Å². The van der Waals surface area contributed by atoms with E-state index in [0.717, 1.165) is 22.5 Å². The number of H-pyrrole nitrogens is 1. The number of rotatable bonds is 2. The first-order valence-electron chi connectivity index (χ1n) is 6.03. The summed E-state index contributed by atoms with van der Waals surface area (Å²) in [6.07, 6.45) is 1.72. The van der Waals surface area contributed by atoms with Gasteiger partial charge in [0.05, 0.1) is 0 Å². The Morgan fingerprint density at radius 2 is 1.94 bits per heavy atom. The number of hydrogen-bond donors (Lipinski definition) is 1. The number of hydrogen-bond acceptors (Lipinski definition) is 3. The Morgan fingerprint density at radius 3 is 2.44 bits per heavy atom. The first kappa shape index (κ1) is 12.5. The van der Waals surface area contributed by atoms with Gasteiger partial charge in [0.25, 0.3) is 5.56 Å². The van der Waals surface area contributed by atoms with Crippen molar-refractivity contribution in [1.29, 1.82) is 0 Å². The SMILES string of the molecule is Cc1ccc(-c2nc(C)c(C(C)C)c(=O)[nH]2)cn1. The predicted octanol–water partition coefficient (Wildman–Crippen LogP) is 2.57. The van der Waals surface area contributed by atoms with Crippen LogP contribution in [0.15, 0.2) is 23.1 Å². The lowest BCUT2D eigenvalue weighted by molar-refractivity contribution is 0.814. The smallest absolute Gasteiger partial charge is 0.254 e. The average molecular weight is 243 g/mol. The first-order chi connectivity index (χ1) is 8.49. The summed E-state index contributed by atoms with van der Waals surface area (Å²) in [5, 5.41) is 0. The van der Waals surface area contributed by atoms with Crippen molar-refractivity contribution in [3.05, 3.63) is 45.6 Å². The van der Waals surface area contributed by atoms with Gasteiger partial charge in [-0.15, -0.1) is 0 Å². The molecule has 0 amide bonds. The van der Waals surface area contributed by atoms with Gasteiger partial charge in [0.1, 0.15) is 5.82 Å². The van der Waals surface area contributed by atoms with Crippen LogP contribution in [0.5, 0.6) is 0 Å². The summed E-state index contributed by atoms with van der Waals surface area (Å²) in [5.74, 6) is 0.751. The van der Waals surface area contributed by atoms with Crippen LogP contribution in [0, 0.1) is 13.8 Å². The molecular formula is C14H17N3O. The molecule has 4 heteroatoms. The van der Waals surface area contributed by atoms with E-state index in [1.54, 1.807) is 6.20 Å². The highest BCUT2D eigenvalue weighted by molar-refractivity contribution is 5.53. The van der Waals surface area contributed by atoms with E-state index in [2.05, 4.69) is 15.0 Å². The van der Waals surface area contributed by atoms with E-state index < -0.39 is 0 Å². The van der Waals surface area contributed by atoms with E-state index in [9.17, 15) is 4.79 Å². The third kappa shape index (κ3) is 2.32. The van der Waals surface area contributed by atoms with E-state index in [1.165, 1.54) is 0 Å². The summed E-state index contributed by atoms with van der Waals surface area (Å²) >= 11 is 0. The topological polar surface area (TPSA) is 58.6 Å². The Hall–Kier alpha value is -1.97. The Morgan fingerprint density at radius 1 is 1.22 bits per heavy atom. The summed E-state index contributed by atoms with van der Waals surface area (Å²) in [7, 11) is 0. The maximum absolute atomic E-state index is 12.0. The molecule has 0 spiro atoms. The van der Waals surface area contributed by atoms with Crippen LogP contribution in [0.1, 0.15) is 36.7 Å². The van der Waals surface area contributed by atoms with Crippen molar-refractivity contribution in [1.82, 2.24) is 15.0 Å². The minimum Gasteiger partial charge on any atom is -0.306 e. The molecule has 2 aromatic rings. The average Bonchev–Trinajstić information content (AvgIpc) is 2.28. The fourth-order valence-corrected chi connectivity index (χ4v) is 2.02. The zero-order valence-corrected chi connectivity index (χ0v) is 11.1. The second-order valence-corrected chi connectivity index (χ2v) is 4.76. The highest BCUT2D eigenvalue weighted by Crippen LogP contribution is 2.17. The molecule has 2 heterocycles. The van der Waals surface area contributed by atoms with Gasteiger partial charge in [-0.05, 0) is 31.9 Å². The molecule has 0 radical (unpaired) electrons. The van der Waals surface area contributed by atoms with Crippen molar-refractivity contribution >= 4 is 0 Å². The molecule has 4 nitrogen and oxygen atoms in total. The quantitative estimate of drug-likeness (QED) is 0.881. The lowest BCUT2D eigenvalue weighted by Gasteiger charge is -2.09. The second kappa shape index (κ2) is 4.72. The molecule has 0 aliphatic carbocycles. The monoisotopic (exact) mass is 243 g/mol. The fourth-order valence-electron chi connectivity index (χ4n) is 2.02. The number of nitrogens with one attached hydrogen (secondary N) is 1. The minimum atomic E-state index is -0.0620. The van der Waals surface area contributed by atoms with E-state index >= 15 is 0 Å². The van der Waals surface area contributed by atoms with Gasteiger partial charge < -0.3 is 4.98 Å². The maximum Gasteiger partial charge on any atom is 0.254 e. The molecule has 94 valence electrons. The molecule has 0 fully saturated rings. The van der Waals surface area contributed by atoms with Crippen molar-refractivity contribution in [3.8, 4) is 11.4 Å². The number of nitrogens with zero attached hydrogens (tertiary/aromatic N) is 2. The molecule has 0 saturated carbocycles. The summed E-state index contributed by atoms with van der Waals surface area (Å²) in [6.45, 7) is 7.78. The molecule has 0 unspecified atom stereocenters. The zero-order chi connectivity index (χ0) is 13.3. The van der Waals surface area contributed by atoms with Gasteiger partial charge in [0, 0.05) is 28.7 Å². The fraction of sp³-hybridized carbons (Fsp3) is 0.357. The summed E-state index contributed by atoms with van der Waals surface area (Å²) in [6, 6.07) is 3.82. The van der Waals surface area contributed by atoms with Crippen molar-refractivity contribution in [2.45, 2.75) is 33.6 Å². The zero-order valence-electron chi connectivity index (χ0n) is 11.1. The van der Waals surface area contributed by atoms with Gasteiger partial charge in [-0.3, -0.25) is 9.78 Å². The van der Waals surface area contributed by atoms with Crippen LogP contribution in [-0.4, -0.2) is 15.0 Å². The third-order valence-corrected chi connectivity index (χ3v) is 2.91. The van der Waals surface area contributed by atoms with Crippen molar-refractivity contribution < 1.29 is 0 Å². The van der Waals surface area contributed by atoms with Crippen LogP contribution in [0.25, 0.3) is 11.4 Å². The van der Waals surface area contributed by atoms with Crippen LogP contribution >= 0.6 is 0 Å². The summed E-state index contributed by atoms with van der Waals surface area (Å²) in [5.41, 5.74) is 3.24. The highest BCUT2D eigenvalue weighted by Gasteiger charge is 2.12. The van der Waals surface area contributed by atoms with E-state index in [1.807, 2.05) is 39.8 Å². The van der Waals surface area contributed by atoms with E-state index in [4.69, 9.17) is 0 Å². The van der Waals surface area contributed by atoms with Crippen LogP contribution < -0.4 is 5.56 Å². The molecule has 0 aliphatic heterocycles. The van der Waals surface area contributed by atoms with Crippen molar-refractivity contribution in [3.63, 3.8) is 0 Å². The molecule has 0 aliphatic rings. The first-order valence-corrected chi connectivity index (χ1v) is 6.03. The maximum atomic E-state index is 12.0. The molecule has 0 bridgehead atoms. The number of pyridine rings is 1. The summed E-state index contributed by atoms with van der Waals surface area (Å²) < 4.78 is 0. The van der Waals surface area contributed by atoms with Crippen molar-refractivity contribution in [2.75, 3.05) is 0 Å². The van der Waals surface area contributed by atoms with Gasteiger partial charge >= 0.3 is 0 Å². The van der Waals surface area contributed by atoms with Gasteiger partial charge in [-0.1, -0.05) is 13.8 Å². The van der Waals surface area contributed by atoms with E-state index in [-0.39, 0.29) is 11.5 Å².